The van der Waals surface area contributed by atoms with Crippen molar-refractivity contribution in [2.24, 2.45) is 0 Å². The van der Waals surface area contributed by atoms with Gasteiger partial charge in [0.05, 0.1) is 6.10 Å². The zero-order chi connectivity index (χ0) is 12.5. The smallest absolute Gasteiger partial charge is 0.340 e. The lowest BCUT2D eigenvalue weighted by Crippen LogP contribution is -2.41. The van der Waals surface area contributed by atoms with E-state index in [1.54, 1.807) is 0 Å². The molecule has 4 heteroatoms. The van der Waals surface area contributed by atoms with E-state index in [0.717, 1.165) is 19.3 Å². The second-order valence-electron chi connectivity index (χ2n) is 4.52. The Hall–Kier alpha value is -1.42. The number of halogens is 1. The van der Waals surface area contributed by atoms with Crippen molar-refractivity contribution in [1.82, 2.24) is 0 Å². The maximum atomic E-state index is 12.8. The number of rotatable bonds is 4. The summed E-state index contributed by atoms with van der Waals surface area (Å²) < 4.78 is 18.5. The number of hydrogen-bond acceptors (Lipinski definition) is 2. The average Bonchev–Trinajstić information content (AvgIpc) is 2.24. The third kappa shape index (κ3) is 2.31. The summed E-state index contributed by atoms with van der Waals surface area (Å²) >= 11 is 0. The molecule has 17 heavy (non-hydrogen) atoms. The van der Waals surface area contributed by atoms with Crippen LogP contribution in [0.2, 0.25) is 0 Å². The SMILES string of the molecule is CC(OC1CCC1)(C(=O)O)c1ccc(F)cc1. The number of carbonyl (C=O) groups is 1. The molecule has 1 fully saturated rings. The molecular formula is C13H15FO3. The Balaban J connectivity index is 2.25. The molecule has 0 radical (unpaired) electrons. The molecule has 3 nitrogen and oxygen atoms in total. The van der Waals surface area contributed by atoms with Crippen molar-refractivity contribution in [3.63, 3.8) is 0 Å². The summed E-state index contributed by atoms with van der Waals surface area (Å²) in [7, 11) is 0. The summed E-state index contributed by atoms with van der Waals surface area (Å²) in [5.74, 6) is -1.43. The molecule has 2 rings (SSSR count). The topological polar surface area (TPSA) is 46.5 Å². The molecule has 1 aliphatic rings. The molecule has 1 aromatic rings. The van der Waals surface area contributed by atoms with Gasteiger partial charge >= 0.3 is 5.97 Å². The normalized spacial score (nSPS) is 19.4. The van der Waals surface area contributed by atoms with Gasteiger partial charge in [-0.3, -0.25) is 0 Å². The van der Waals surface area contributed by atoms with E-state index in [1.165, 1.54) is 31.2 Å². The fourth-order valence-electron chi connectivity index (χ4n) is 1.83. The number of carboxylic acid groups (broad SMARTS) is 1. The van der Waals surface area contributed by atoms with Crippen LogP contribution in [0.4, 0.5) is 4.39 Å². The highest BCUT2D eigenvalue weighted by Gasteiger charge is 2.40. The predicted molar refractivity (Wildman–Crippen MR) is 60.1 cm³/mol. The van der Waals surface area contributed by atoms with E-state index in [4.69, 9.17) is 4.74 Å². The van der Waals surface area contributed by atoms with E-state index in [1.807, 2.05) is 0 Å². The van der Waals surface area contributed by atoms with Crippen molar-refractivity contribution in [3.05, 3.63) is 35.6 Å². The average molecular weight is 238 g/mol. The van der Waals surface area contributed by atoms with Crippen LogP contribution < -0.4 is 0 Å². The summed E-state index contributed by atoms with van der Waals surface area (Å²) in [4.78, 5) is 11.4. The lowest BCUT2D eigenvalue weighted by atomic mass is 9.91. The van der Waals surface area contributed by atoms with Gasteiger partial charge in [0.25, 0.3) is 0 Å². The first-order valence-electron chi connectivity index (χ1n) is 5.69. The lowest BCUT2D eigenvalue weighted by molar-refractivity contribution is -0.179. The van der Waals surface area contributed by atoms with Crippen LogP contribution in [0.5, 0.6) is 0 Å². The fraction of sp³-hybridized carbons (Fsp3) is 0.462. The molecule has 0 aliphatic heterocycles. The fourth-order valence-corrected chi connectivity index (χ4v) is 1.83. The van der Waals surface area contributed by atoms with Crippen LogP contribution in [0, 0.1) is 5.82 Å². The highest BCUT2D eigenvalue weighted by Crippen LogP contribution is 2.33. The summed E-state index contributed by atoms with van der Waals surface area (Å²) in [6.45, 7) is 1.51. The minimum Gasteiger partial charge on any atom is -0.479 e. The summed E-state index contributed by atoms with van der Waals surface area (Å²) in [6, 6.07) is 5.42. The van der Waals surface area contributed by atoms with Crippen LogP contribution in [-0.2, 0) is 15.1 Å². The van der Waals surface area contributed by atoms with Crippen molar-refractivity contribution < 1.29 is 19.0 Å². The van der Waals surface area contributed by atoms with Crippen molar-refractivity contribution in [2.75, 3.05) is 0 Å². The van der Waals surface area contributed by atoms with E-state index in [0.29, 0.717) is 5.56 Å². The van der Waals surface area contributed by atoms with Gasteiger partial charge in [-0.2, -0.15) is 0 Å². The Morgan fingerprint density at radius 1 is 1.41 bits per heavy atom. The molecule has 1 N–H and O–H groups in total. The van der Waals surface area contributed by atoms with Gasteiger partial charge in [-0.1, -0.05) is 12.1 Å². The molecule has 0 saturated heterocycles. The zero-order valence-corrected chi connectivity index (χ0v) is 9.65. The third-order valence-corrected chi connectivity index (χ3v) is 3.26. The van der Waals surface area contributed by atoms with Gasteiger partial charge in [0.15, 0.2) is 5.60 Å². The maximum absolute atomic E-state index is 12.8. The van der Waals surface area contributed by atoms with Crippen molar-refractivity contribution in [3.8, 4) is 0 Å². The Morgan fingerprint density at radius 2 is 2.00 bits per heavy atom. The first-order chi connectivity index (χ1) is 8.02. The molecule has 0 bridgehead atoms. The second kappa shape index (κ2) is 4.45. The van der Waals surface area contributed by atoms with Crippen LogP contribution in [0.25, 0.3) is 0 Å². The largest absolute Gasteiger partial charge is 0.479 e. The van der Waals surface area contributed by atoms with Crippen molar-refractivity contribution in [2.45, 2.75) is 37.9 Å². The Bertz CT molecular complexity index is 411. The molecule has 1 aliphatic carbocycles. The summed E-state index contributed by atoms with van der Waals surface area (Å²) in [5, 5.41) is 9.30. The van der Waals surface area contributed by atoms with Gasteiger partial charge in [0.2, 0.25) is 0 Å². The highest BCUT2D eigenvalue weighted by molar-refractivity contribution is 5.79. The van der Waals surface area contributed by atoms with Crippen LogP contribution in [0.3, 0.4) is 0 Å². The molecule has 92 valence electrons. The van der Waals surface area contributed by atoms with Gasteiger partial charge in [-0.05, 0) is 43.9 Å². The molecule has 0 amide bonds. The van der Waals surface area contributed by atoms with Crippen LogP contribution in [-0.4, -0.2) is 17.2 Å². The molecular weight excluding hydrogens is 223 g/mol. The molecule has 1 unspecified atom stereocenters. The molecule has 1 atom stereocenters. The van der Waals surface area contributed by atoms with Crippen molar-refractivity contribution >= 4 is 5.97 Å². The number of hydrogen-bond donors (Lipinski definition) is 1. The molecule has 0 heterocycles. The monoisotopic (exact) mass is 238 g/mol. The quantitative estimate of drug-likeness (QED) is 0.877. The summed E-state index contributed by atoms with van der Waals surface area (Å²) in [6.07, 6.45) is 2.86. The van der Waals surface area contributed by atoms with Crippen LogP contribution in [0.1, 0.15) is 31.7 Å². The summed E-state index contributed by atoms with van der Waals surface area (Å²) in [5.41, 5.74) is -0.919. The van der Waals surface area contributed by atoms with Gasteiger partial charge in [0.1, 0.15) is 5.82 Å². The van der Waals surface area contributed by atoms with E-state index in [-0.39, 0.29) is 11.9 Å². The van der Waals surface area contributed by atoms with Gasteiger partial charge in [0, 0.05) is 0 Å². The van der Waals surface area contributed by atoms with E-state index in [9.17, 15) is 14.3 Å². The Labute approximate surface area is 99.2 Å². The van der Waals surface area contributed by atoms with Crippen LogP contribution in [0.15, 0.2) is 24.3 Å². The number of benzene rings is 1. The number of ether oxygens (including phenoxy) is 1. The first-order valence-corrected chi connectivity index (χ1v) is 5.69. The zero-order valence-electron chi connectivity index (χ0n) is 9.65. The van der Waals surface area contributed by atoms with E-state index < -0.39 is 11.6 Å². The Morgan fingerprint density at radius 3 is 2.41 bits per heavy atom. The third-order valence-electron chi connectivity index (χ3n) is 3.26. The van der Waals surface area contributed by atoms with Gasteiger partial charge < -0.3 is 9.84 Å². The number of carboxylic acids is 1. The second-order valence-corrected chi connectivity index (χ2v) is 4.52. The predicted octanol–water partition coefficient (Wildman–Crippen LogP) is 2.69. The van der Waals surface area contributed by atoms with Crippen molar-refractivity contribution in [1.29, 1.82) is 0 Å². The molecule has 1 saturated carbocycles. The van der Waals surface area contributed by atoms with Gasteiger partial charge in [-0.15, -0.1) is 0 Å². The van der Waals surface area contributed by atoms with Gasteiger partial charge in [-0.25, -0.2) is 9.18 Å². The van der Waals surface area contributed by atoms with E-state index >= 15 is 0 Å². The Kier molecular flexibility index (Phi) is 3.15. The molecule has 0 aromatic heterocycles. The minimum absolute atomic E-state index is 0.00107. The lowest BCUT2D eigenvalue weighted by Gasteiger charge is -2.35. The standard InChI is InChI=1S/C13H15FO3/c1-13(12(15)16,17-11-3-2-4-11)9-5-7-10(14)8-6-9/h5-8,11H,2-4H2,1H3,(H,15,16). The molecule has 0 spiro atoms. The highest BCUT2D eigenvalue weighted by atomic mass is 19.1. The number of aliphatic carboxylic acids is 1. The molecule has 1 aromatic carbocycles. The minimum atomic E-state index is -1.39. The van der Waals surface area contributed by atoms with E-state index in [2.05, 4.69) is 0 Å². The maximum Gasteiger partial charge on any atom is 0.340 e. The first kappa shape index (κ1) is 12.0. The van der Waals surface area contributed by atoms with Crippen LogP contribution >= 0.6 is 0 Å².